The van der Waals surface area contributed by atoms with Gasteiger partial charge in [0.25, 0.3) is 5.97 Å². The van der Waals surface area contributed by atoms with Crippen molar-refractivity contribution >= 4 is 5.97 Å². The van der Waals surface area contributed by atoms with Gasteiger partial charge >= 0.3 is 0 Å². The number of carbonyl (C=O) groups is 1. The molecule has 28 heavy (non-hydrogen) atoms. The molecule has 0 amide bonds. The van der Waals surface area contributed by atoms with Crippen molar-refractivity contribution in [1.29, 1.82) is 0 Å². The van der Waals surface area contributed by atoms with Crippen LogP contribution in [0.4, 0.5) is 0 Å². The van der Waals surface area contributed by atoms with E-state index in [4.69, 9.17) is 15.0 Å². The monoisotopic (exact) mass is 370 g/mol. The van der Waals surface area contributed by atoms with E-state index in [1.807, 2.05) is 35.0 Å². The summed E-state index contributed by atoms with van der Waals surface area (Å²) < 4.78 is 2.05. The van der Waals surface area contributed by atoms with Gasteiger partial charge in [0.1, 0.15) is 0 Å². The molecule has 0 spiro atoms. The Morgan fingerprint density at radius 3 is 1.71 bits per heavy atom. The zero-order valence-electron chi connectivity index (χ0n) is 15.9. The lowest BCUT2D eigenvalue weighted by Gasteiger charge is -2.08. The highest BCUT2D eigenvalue weighted by atomic mass is 16.4. The van der Waals surface area contributed by atoms with Crippen molar-refractivity contribution in [2.75, 3.05) is 0 Å². The number of hydrogen-bond donors (Lipinski definition) is 1. The summed E-state index contributed by atoms with van der Waals surface area (Å²) in [5.74, 6) is -0.833. The van der Waals surface area contributed by atoms with Crippen LogP contribution in [0.3, 0.4) is 0 Å². The maximum absolute atomic E-state index is 9.00. The number of carboxylic acid groups (broad SMARTS) is 1. The summed E-state index contributed by atoms with van der Waals surface area (Å²) in [4.78, 5) is 9.00. The Bertz CT molecular complexity index is 1040. The number of aliphatic carboxylic acids is 1. The average molecular weight is 370 g/mol. The fraction of sp³-hybridized carbons (Fsp3) is 0.0833. The number of hydrogen-bond acceptors (Lipinski definition) is 2. The van der Waals surface area contributed by atoms with Crippen LogP contribution in [-0.2, 0) is 4.79 Å². The number of rotatable bonds is 3. The molecule has 1 N–H and O–H groups in total. The first-order chi connectivity index (χ1) is 13.6. The van der Waals surface area contributed by atoms with Gasteiger partial charge in [0.2, 0.25) is 0 Å². The van der Waals surface area contributed by atoms with E-state index in [0.717, 1.165) is 29.6 Å². The predicted octanol–water partition coefficient (Wildman–Crippen LogP) is 5.61. The van der Waals surface area contributed by atoms with Gasteiger partial charge in [-0.15, -0.1) is 0 Å². The maximum Gasteiger partial charge on any atom is 0.300 e. The molecule has 0 aliphatic carbocycles. The molecule has 1 heterocycles. The van der Waals surface area contributed by atoms with Gasteiger partial charge in [0.05, 0.1) is 17.1 Å². The molecule has 4 rings (SSSR count). The summed E-state index contributed by atoms with van der Waals surface area (Å²) in [5.41, 5.74) is 6.74. The van der Waals surface area contributed by atoms with Gasteiger partial charge < -0.3 is 5.11 Å². The molecule has 0 atom stereocenters. The van der Waals surface area contributed by atoms with Gasteiger partial charge in [-0.2, -0.15) is 5.10 Å². The molecule has 1 aromatic heterocycles. The summed E-state index contributed by atoms with van der Waals surface area (Å²) in [7, 11) is 0. The number of benzene rings is 3. The Hall–Kier alpha value is -3.66. The average Bonchev–Trinajstić information content (AvgIpc) is 3.07. The third kappa shape index (κ3) is 4.35. The first-order valence-corrected chi connectivity index (χ1v) is 9.03. The minimum atomic E-state index is -0.833. The second-order valence-electron chi connectivity index (χ2n) is 6.32. The molecule has 0 saturated carbocycles. The van der Waals surface area contributed by atoms with Crippen LogP contribution in [0, 0.1) is 6.92 Å². The summed E-state index contributed by atoms with van der Waals surface area (Å²) in [5, 5.41) is 12.4. The predicted molar refractivity (Wildman–Crippen MR) is 112 cm³/mol. The molecular formula is C24H22N2O2. The molecule has 0 radical (unpaired) electrons. The molecule has 0 aliphatic heterocycles. The van der Waals surface area contributed by atoms with Crippen LogP contribution < -0.4 is 0 Å². The van der Waals surface area contributed by atoms with E-state index in [2.05, 4.69) is 67.6 Å². The molecule has 3 aromatic carbocycles. The Balaban J connectivity index is 0.000000516. The highest BCUT2D eigenvalue weighted by Gasteiger charge is 2.18. The molecule has 0 fully saturated rings. The van der Waals surface area contributed by atoms with E-state index < -0.39 is 5.97 Å². The zero-order chi connectivity index (χ0) is 19.9. The Kier molecular flexibility index (Phi) is 6.02. The van der Waals surface area contributed by atoms with Gasteiger partial charge in [-0.05, 0) is 19.1 Å². The van der Waals surface area contributed by atoms with E-state index in [-0.39, 0.29) is 0 Å². The Labute approximate surface area is 164 Å². The van der Waals surface area contributed by atoms with Gasteiger partial charge in [-0.1, -0.05) is 78.9 Å². The van der Waals surface area contributed by atoms with Crippen molar-refractivity contribution in [3.63, 3.8) is 0 Å². The van der Waals surface area contributed by atoms with E-state index in [9.17, 15) is 0 Å². The van der Waals surface area contributed by atoms with Gasteiger partial charge in [-0.25, -0.2) is 4.68 Å². The van der Waals surface area contributed by atoms with Crippen LogP contribution in [0.5, 0.6) is 0 Å². The third-order valence-corrected chi connectivity index (χ3v) is 4.22. The first kappa shape index (κ1) is 19.1. The van der Waals surface area contributed by atoms with Crippen molar-refractivity contribution in [1.82, 2.24) is 9.78 Å². The summed E-state index contributed by atoms with van der Waals surface area (Å²) in [6.07, 6.45) is 0. The van der Waals surface area contributed by atoms with Crippen molar-refractivity contribution in [2.45, 2.75) is 13.8 Å². The van der Waals surface area contributed by atoms with E-state index in [1.165, 1.54) is 11.1 Å². The fourth-order valence-corrected chi connectivity index (χ4v) is 3.06. The summed E-state index contributed by atoms with van der Waals surface area (Å²) in [6.45, 7) is 3.23. The SMILES string of the molecule is CC(=O)O.Cc1c(-c2ccccc2)nn(-c2ccccc2)c1-c1ccccc1. The number of nitrogens with zero attached hydrogens (tertiary/aromatic N) is 2. The lowest BCUT2D eigenvalue weighted by Crippen LogP contribution is -1.99. The third-order valence-electron chi connectivity index (χ3n) is 4.22. The molecule has 0 saturated heterocycles. The van der Waals surface area contributed by atoms with E-state index in [0.29, 0.717) is 0 Å². The lowest BCUT2D eigenvalue weighted by molar-refractivity contribution is -0.134. The number of para-hydroxylation sites is 1. The summed E-state index contributed by atoms with van der Waals surface area (Å²) >= 11 is 0. The van der Waals surface area contributed by atoms with Crippen molar-refractivity contribution in [2.24, 2.45) is 0 Å². The van der Waals surface area contributed by atoms with Crippen LogP contribution in [-0.4, -0.2) is 20.9 Å². The standard InChI is InChI=1S/C22H18N2.C2H4O2/c1-17-21(18-11-5-2-6-12-18)23-24(20-15-9-4-10-16-20)22(17)19-13-7-3-8-14-19;1-2(3)4/h2-16H,1H3;1H3,(H,3,4). The number of aromatic nitrogens is 2. The smallest absolute Gasteiger partial charge is 0.300 e. The second kappa shape index (κ2) is 8.82. The van der Waals surface area contributed by atoms with E-state index in [1.54, 1.807) is 0 Å². The molecule has 4 heteroatoms. The quantitative estimate of drug-likeness (QED) is 0.510. The lowest BCUT2D eigenvalue weighted by atomic mass is 10.0. The highest BCUT2D eigenvalue weighted by molar-refractivity contribution is 5.75. The molecular weight excluding hydrogens is 348 g/mol. The molecule has 0 unspecified atom stereocenters. The first-order valence-electron chi connectivity index (χ1n) is 9.03. The van der Waals surface area contributed by atoms with Crippen LogP contribution in [0.15, 0.2) is 91.0 Å². The van der Waals surface area contributed by atoms with Gasteiger partial charge in [-0.3, -0.25) is 4.79 Å². The van der Waals surface area contributed by atoms with Gasteiger partial charge in [0, 0.05) is 23.6 Å². The molecule has 0 aliphatic rings. The fourth-order valence-electron chi connectivity index (χ4n) is 3.06. The molecule has 140 valence electrons. The largest absolute Gasteiger partial charge is 0.481 e. The van der Waals surface area contributed by atoms with Crippen LogP contribution in [0.1, 0.15) is 12.5 Å². The molecule has 4 aromatic rings. The summed E-state index contributed by atoms with van der Waals surface area (Å²) in [6, 6.07) is 31.1. The molecule has 4 nitrogen and oxygen atoms in total. The van der Waals surface area contributed by atoms with Gasteiger partial charge in [0.15, 0.2) is 0 Å². The minimum absolute atomic E-state index is 0.833. The van der Waals surface area contributed by atoms with Crippen molar-refractivity contribution in [3.05, 3.63) is 96.6 Å². The van der Waals surface area contributed by atoms with Crippen molar-refractivity contribution in [3.8, 4) is 28.2 Å². The maximum atomic E-state index is 9.00. The van der Waals surface area contributed by atoms with Crippen molar-refractivity contribution < 1.29 is 9.90 Å². The van der Waals surface area contributed by atoms with Crippen LogP contribution in [0.2, 0.25) is 0 Å². The number of carboxylic acids is 1. The van der Waals surface area contributed by atoms with E-state index >= 15 is 0 Å². The minimum Gasteiger partial charge on any atom is -0.481 e. The topological polar surface area (TPSA) is 55.1 Å². The normalized spacial score (nSPS) is 10.1. The molecule has 0 bridgehead atoms. The Morgan fingerprint density at radius 2 is 1.21 bits per heavy atom. The highest BCUT2D eigenvalue weighted by Crippen LogP contribution is 2.33. The van der Waals surface area contributed by atoms with Crippen LogP contribution in [0.25, 0.3) is 28.2 Å². The second-order valence-corrected chi connectivity index (χ2v) is 6.32. The Morgan fingerprint density at radius 1 is 0.786 bits per heavy atom. The zero-order valence-corrected chi connectivity index (χ0v) is 15.9. The van der Waals surface area contributed by atoms with Crippen LogP contribution >= 0.6 is 0 Å².